The zero-order valence-corrected chi connectivity index (χ0v) is 26.5. The molecule has 0 bridgehead atoms. The van der Waals surface area contributed by atoms with Crippen LogP contribution >= 0.6 is 23.1 Å². The van der Waals surface area contributed by atoms with Crippen LogP contribution in [0, 0.1) is 12.3 Å². The average molecular weight is 701 g/mol. The number of benzene rings is 2. The molecule has 13 nitrogen and oxygen atoms in total. The molecule has 0 atom stereocenters. The number of nitrogen functional groups attached to an aromatic ring is 1. The van der Waals surface area contributed by atoms with Gasteiger partial charge in [0.2, 0.25) is 9.84 Å². The van der Waals surface area contributed by atoms with Crippen molar-refractivity contribution in [1.29, 1.82) is 5.41 Å². The lowest BCUT2D eigenvalue weighted by atomic mass is 9.98. The van der Waals surface area contributed by atoms with Gasteiger partial charge in [-0.15, -0.1) is 23.1 Å². The van der Waals surface area contributed by atoms with Crippen LogP contribution in [0.5, 0.6) is 0 Å². The predicted octanol–water partition coefficient (Wildman–Crippen LogP) is 3.62. The zero-order valence-electron chi connectivity index (χ0n) is 24.0. The second-order valence-corrected chi connectivity index (χ2v) is 13.2. The Labute approximate surface area is 268 Å². The quantitative estimate of drug-likeness (QED) is 0.0430. The molecular weight excluding hydrogens is 674 g/mol. The first-order valence-corrected chi connectivity index (χ1v) is 16.4. The Morgan fingerprint density at radius 3 is 2.28 bits per heavy atom. The van der Waals surface area contributed by atoms with Gasteiger partial charge in [0.25, 0.3) is 0 Å². The molecule has 0 aliphatic heterocycles. The number of urea groups is 2. The molecule has 19 heteroatoms. The molecule has 246 valence electrons. The van der Waals surface area contributed by atoms with E-state index in [0.29, 0.717) is 25.9 Å². The number of thioether (sulfide) groups is 1. The largest absolute Gasteiger partial charge is 0.491 e. The van der Waals surface area contributed by atoms with Gasteiger partial charge < -0.3 is 31.7 Å². The maximum Gasteiger partial charge on any atom is 0.491 e. The van der Waals surface area contributed by atoms with Gasteiger partial charge >= 0.3 is 30.2 Å². The third kappa shape index (κ3) is 9.21. The minimum Gasteiger partial charge on any atom is -0.385 e. The van der Waals surface area contributed by atoms with Crippen LogP contribution in [0.15, 0.2) is 62.5 Å². The van der Waals surface area contributed by atoms with E-state index in [1.54, 1.807) is 43.5 Å². The van der Waals surface area contributed by atoms with E-state index < -0.39 is 46.6 Å². The second kappa shape index (κ2) is 15.1. The van der Waals surface area contributed by atoms with Crippen molar-refractivity contribution in [2.45, 2.75) is 27.1 Å². The van der Waals surface area contributed by atoms with Gasteiger partial charge in [-0.05, 0) is 48.6 Å². The number of hydrogen-bond acceptors (Lipinski definition) is 10. The predicted molar refractivity (Wildman–Crippen MR) is 165 cm³/mol. The van der Waals surface area contributed by atoms with Gasteiger partial charge in [-0.1, -0.05) is 24.3 Å². The number of anilines is 1. The molecule has 0 unspecified atom stereocenters. The van der Waals surface area contributed by atoms with Gasteiger partial charge in [0.1, 0.15) is 12.4 Å². The third-order valence-electron chi connectivity index (χ3n) is 5.89. The number of rotatable bonds is 11. The highest BCUT2D eigenvalue weighted by molar-refractivity contribution is 8.01. The molecule has 0 radical (unpaired) electrons. The number of carbonyl (C=O) groups is 4. The Hall–Kier alpha value is -4.62. The number of carbonyl (C=O) groups excluding carboxylic acids is 4. The number of sulfone groups is 1. The number of nitrogens with two attached hydrogens (primary N) is 1. The molecule has 1 heterocycles. The van der Waals surface area contributed by atoms with Crippen LogP contribution in [0.3, 0.4) is 0 Å². The standard InChI is InChI=1S/C27H27F3N6O7S3/c1-14-5-3-8-17(36-26(40)34-10-9-33-25(39)35-13-20(37)43-24(38)27(28,29)30)21(14)15-6-4-7-16(11-15)46(41,42)19-12-18(22(31)32)45-23(19)44-2/h3-8,11-12H,9-10,13H2,1-2H3,(H3,31,32)(H2,33,35,39)(H2,34,36,40). The SMILES string of the molecule is CSc1sc(C(=N)N)cc1S(=O)(=O)c1cccc(-c2c(C)cccc2NC(=O)NCCNC(=O)NCC(=O)OC(=O)C(F)(F)F)c1. The summed E-state index contributed by atoms with van der Waals surface area (Å²) in [5.41, 5.74) is 7.69. The molecule has 4 amide bonds. The molecule has 0 spiro atoms. The number of amides is 4. The zero-order chi connectivity index (χ0) is 34.2. The summed E-state index contributed by atoms with van der Waals surface area (Å²) >= 11 is 2.33. The Bertz CT molecular complexity index is 1780. The van der Waals surface area contributed by atoms with Crippen LogP contribution in [0.1, 0.15) is 10.4 Å². The highest BCUT2D eigenvalue weighted by Crippen LogP contribution is 2.38. The second-order valence-electron chi connectivity index (χ2n) is 9.16. The number of aryl methyl sites for hydroxylation is 1. The van der Waals surface area contributed by atoms with E-state index in [1.165, 1.54) is 30.0 Å². The molecule has 3 rings (SSSR count). The maximum absolute atomic E-state index is 13.6. The van der Waals surface area contributed by atoms with Crippen LogP contribution < -0.4 is 27.0 Å². The number of nitrogens with one attached hydrogen (secondary N) is 5. The molecule has 0 saturated carbocycles. The van der Waals surface area contributed by atoms with E-state index in [2.05, 4.69) is 20.7 Å². The average Bonchev–Trinajstić information content (AvgIpc) is 3.44. The van der Waals surface area contributed by atoms with Gasteiger partial charge in [0.15, 0.2) is 0 Å². The highest BCUT2D eigenvalue weighted by Gasteiger charge is 2.42. The molecule has 46 heavy (non-hydrogen) atoms. The smallest absolute Gasteiger partial charge is 0.385 e. The van der Waals surface area contributed by atoms with E-state index in [4.69, 9.17) is 11.1 Å². The number of ether oxygens (including phenoxy) is 1. The molecule has 0 saturated heterocycles. The van der Waals surface area contributed by atoms with Crippen molar-refractivity contribution in [2.75, 3.05) is 31.2 Å². The normalized spacial score (nSPS) is 11.3. The van der Waals surface area contributed by atoms with Crippen LogP contribution in [0.2, 0.25) is 0 Å². The van der Waals surface area contributed by atoms with Gasteiger partial charge in [0, 0.05) is 18.7 Å². The fourth-order valence-electron chi connectivity index (χ4n) is 3.85. The summed E-state index contributed by atoms with van der Waals surface area (Å²) in [5, 5.41) is 17.0. The molecule has 0 fully saturated rings. The first-order valence-electron chi connectivity index (χ1n) is 12.9. The summed E-state index contributed by atoms with van der Waals surface area (Å²) in [5.74, 6) is -4.57. The number of amidine groups is 1. The lowest BCUT2D eigenvalue weighted by molar-refractivity contribution is -0.201. The van der Waals surface area contributed by atoms with E-state index in [0.717, 1.165) is 16.9 Å². The van der Waals surface area contributed by atoms with Crippen molar-refractivity contribution in [3.8, 4) is 11.1 Å². The Morgan fingerprint density at radius 1 is 1.00 bits per heavy atom. The third-order valence-corrected chi connectivity index (χ3v) is 10.2. The number of esters is 2. The summed E-state index contributed by atoms with van der Waals surface area (Å²) < 4.78 is 67.6. The summed E-state index contributed by atoms with van der Waals surface area (Å²) in [7, 11) is -4.00. The van der Waals surface area contributed by atoms with E-state index in [9.17, 15) is 40.8 Å². The summed E-state index contributed by atoms with van der Waals surface area (Å²) in [6.07, 6.45) is -3.64. The van der Waals surface area contributed by atoms with E-state index in [1.807, 2.05) is 5.32 Å². The van der Waals surface area contributed by atoms with Crippen molar-refractivity contribution >= 4 is 68.5 Å². The van der Waals surface area contributed by atoms with Gasteiger partial charge in [0.05, 0.1) is 24.6 Å². The lowest BCUT2D eigenvalue weighted by Crippen LogP contribution is -2.43. The van der Waals surface area contributed by atoms with Crippen molar-refractivity contribution in [2.24, 2.45) is 5.73 Å². The minimum absolute atomic E-state index is 0.00331. The summed E-state index contributed by atoms with van der Waals surface area (Å²) in [4.78, 5) is 46.6. The highest BCUT2D eigenvalue weighted by atomic mass is 32.2. The molecular formula is C27H27F3N6O7S3. The monoisotopic (exact) mass is 700 g/mol. The summed E-state index contributed by atoms with van der Waals surface area (Å²) in [6.45, 7) is 0.514. The van der Waals surface area contributed by atoms with Crippen LogP contribution in [0.4, 0.5) is 28.4 Å². The van der Waals surface area contributed by atoms with Crippen LogP contribution in [-0.4, -0.2) is 70.3 Å². The van der Waals surface area contributed by atoms with Gasteiger partial charge in [-0.25, -0.2) is 27.6 Å². The van der Waals surface area contributed by atoms with Crippen LogP contribution in [0.25, 0.3) is 11.1 Å². The fraction of sp³-hybridized carbons (Fsp3) is 0.222. The number of alkyl halides is 3. The van der Waals surface area contributed by atoms with Gasteiger partial charge in [-0.2, -0.15) is 13.2 Å². The molecule has 0 aliphatic carbocycles. The summed E-state index contributed by atoms with van der Waals surface area (Å²) in [6, 6.07) is 11.0. The van der Waals surface area contributed by atoms with Crippen molar-refractivity contribution in [3.05, 3.63) is 59.0 Å². The molecule has 7 N–H and O–H groups in total. The van der Waals surface area contributed by atoms with Crippen molar-refractivity contribution in [1.82, 2.24) is 16.0 Å². The Kier molecular flexibility index (Phi) is 11.8. The Balaban J connectivity index is 1.64. The molecule has 0 aliphatic rings. The fourth-order valence-corrected chi connectivity index (χ4v) is 7.75. The Morgan fingerprint density at radius 2 is 1.65 bits per heavy atom. The minimum atomic E-state index is -5.36. The maximum atomic E-state index is 13.6. The first-order chi connectivity index (χ1) is 21.5. The van der Waals surface area contributed by atoms with Crippen molar-refractivity contribution in [3.63, 3.8) is 0 Å². The number of hydrogen-bond donors (Lipinski definition) is 6. The van der Waals surface area contributed by atoms with Gasteiger partial charge in [-0.3, -0.25) is 5.41 Å². The van der Waals surface area contributed by atoms with Crippen molar-refractivity contribution < 1.29 is 45.5 Å². The lowest BCUT2D eigenvalue weighted by Gasteiger charge is -2.16. The molecule has 1 aromatic heterocycles. The number of halogens is 3. The molecule has 3 aromatic rings. The van der Waals surface area contributed by atoms with E-state index in [-0.39, 0.29) is 28.7 Å². The van der Waals surface area contributed by atoms with Crippen LogP contribution in [-0.2, 0) is 24.2 Å². The van der Waals surface area contributed by atoms with E-state index >= 15 is 0 Å². The first kappa shape index (κ1) is 35.9. The topological polar surface area (TPSA) is 210 Å². The number of thiophene rings is 1. The molecule has 2 aromatic carbocycles.